The summed E-state index contributed by atoms with van der Waals surface area (Å²) in [5.41, 5.74) is 1.35. The number of unbranched alkanes of at least 4 members (excludes halogenated alkanes) is 1. The van der Waals surface area contributed by atoms with E-state index in [0.717, 1.165) is 19.4 Å². The standard InChI is InChI=1S/C19H21FN2O3/c1-2-3-11-21-17-10-5-4-9-16(17)19(24)25-13-18(23)22-15-8-6-7-14(20)12-15/h4-10,12,21H,2-3,11,13H2,1H3,(H,22,23). The number of carbonyl (C=O) groups is 2. The van der Waals surface area contributed by atoms with E-state index < -0.39 is 24.3 Å². The van der Waals surface area contributed by atoms with Crippen LogP contribution in [0.4, 0.5) is 15.8 Å². The molecule has 0 heterocycles. The zero-order valence-corrected chi connectivity index (χ0v) is 14.0. The van der Waals surface area contributed by atoms with Crippen molar-refractivity contribution in [2.75, 3.05) is 23.8 Å². The first-order chi connectivity index (χ1) is 12.1. The lowest BCUT2D eigenvalue weighted by Crippen LogP contribution is -2.21. The summed E-state index contributed by atoms with van der Waals surface area (Å²) in [6, 6.07) is 12.5. The lowest BCUT2D eigenvalue weighted by Gasteiger charge is -2.11. The minimum absolute atomic E-state index is 0.308. The highest BCUT2D eigenvalue weighted by molar-refractivity contribution is 5.98. The lowest BCUT2D eigenvalue weighted by atomic mass is 10.1. The van der Waals surface area contributed by atoms with E-state index in [1.165, 1.54) is 18.2 Å². The molecule has 2 N–H and O–H groups in total. The molecule has 0 spiro atoms. The predicted molar refractivity (Wildman–Crippen MR) is 95.2 cm³/mol. The van der Waals surface area contributed by atoms with Crippen LogP contribution in [0.1, 0.15) is 30.1 Å². The van der Waals surface area contributed by atoms with Crippen LogP contribution in [-0.2, 0) is 9.53 Å². The number of anilines is 2. The Kier molecular flexibility index (Phi) is 6.95. The molecule has 0 aliphatic rings. The Labute approximate surface area is 146 Å². The minimum atomic E-state index is -0.589. The van der Waals surface area contributed by atoms with Crippen molar-refractivity contribution in [1.29, 1.82) is 0 Å². The van der Waals surface area contributed by atoms with E-state index in [2.05, 4.69) is 17.6 Å². The monoisotopic (exact) mass is 344 g/mol. The first-order valence-corrected chi connectivity index (χ1v) is 8.15. The number of rotatable bonds is 8. The molecule has 2 aromatic carbocycles. The van der Waals surface area contributed by atoms with Gasteiger partial charge in [-0.15, -0.1) is 0 Å². The largest absolute Gasteiger partial charge is 0.452 e. The van der Waals surface area contributed by atoms with Crippen LogP contribution >= 0.6 is 0 Å². The molecular formula is C19H21FN2O3. The molecule has 0 radical (unpaired) electrons. The van der Waals surface area contributed by atoms with E-state index in [1.807, 2.05) is 6.07 Å². The Hall–Kier alpha value is -2.89. The average Bonchev–Trinajstić information content (AvgIpc) is 2.60. The number of benzene rings is 2. The van der Waals surface area contributed by atoms with Crippen LogP contribution in [0.25, 0.3) is 0 Å². The third kappa shape index (κ3) is 5.91. The highest BCUT2D eigenvalue weighted by Crippen LogP contribution is 2.16. The van der Waals surface area contributed by atoms with Gasteiger partial charge in [0.05, 0.1) is 5.56 Å². The van der Waals surface area contributed by atoms with Crippen molar-refractivity contribution in [2.45, 2.75) is 19.8 Å². The van der Waals surface area contributed by atoms with Crippen LogP contribution in [0, 0.1) is 5.82 Å². The van der Waals surface area contributed by atoms with Gasteiger partial charge in [-0.1, -0.05) is 31.5 Å². The van der Waals surface area contributed by atoms with E-state index in [-0.39, 0.29) is 0 Å². The number of halogens is 1. The zero-order valence-electron chi connectivity index (χ0n) is 14.0. The number of nitrogens with one attached hydrogen (secondary N) is 2. The van der Waals surface area contributed by atoms with E-state index in [0.29, 0.717) is 16.9 Å². The van der Waals surface area contributed by atoms with Crippen molar-refractivity contribution in [3.63, 3.8) is 0 Å². The molecule has 5 nitrogen and oxygen atoms in total. The number of ether oxygens (including phenoxy) is 1. The van der Waals surface area contributed by atoms with Gasteiger partial charge in [0.2, 0.25) is 0 Å². The molecule has 2 aromatic rings. The molecule has 0 atom stereocenters. The summed E-state index contributed by atoms with van der Waals surface area (Å²) < 4.78 is 18.1. The van der Waals surface area contributed by atoms with Crippen LogP contribution in [0.5, 0.6) is 0 Å². The number of carbonyl (C=O) groups excluding carboxylic acids is 2. The summed E-state index contributed by atoms with van der Waals surface area (Å²) in [6.07, 6.45) is 2.03. The van der Waals surface area contributed by atoms with Crippen molar-refractivity contribution in [1.82, 2.24) is 0 Å². The first kappa shape index (κ1) is 18.4. The molecule has 2 rings (SSSR count). The quantitative estimate of drug-likeness (QED) is 0.564. The van der Waals surface area contributed by atoms with Crippen molar-refractivity contribution in [3.8, 4) is 0 Å². The summed E-state index contributed by atoms with van der Waals surface area (Å²) in [5, 5.41) is 5.66. The van der Waals surface area contributed by atoms with Gasteiger partial charge < -0.3 is 15.4 Å². The molecule has 0 aliphatic heterocycles. The smallest absolute Gasteiger partial charge is 0.340 e. The SMILES string of the molecule is CCCCNc1ccccc1C(=O)OCC(=O)Nc1cccc(F)c1. The molecule has 1 amide bonds. The van der Waals surface area contributed by atoms with Crippen LogP contribution < -0.4 is 10.6 Å². The van der Waals surface area contributed by atoms with E-state index >= 15 is 0 Å². The molecule has 0 bridgehead atoms. The Bertz CT molecular complexity index is 734. The second-order valence-corrected chi connectivity index (χ2v) is 5.46. The van der Waals surface area contributed by atoms with Crippen LogP contribution in [0.3, 0.4) is 0 Å². The van der Waals surface area contributed by atoms with Crippen molar-refractivity contribution in [3.05, 3.63) is 59.9 Å². The molecule has 6 heteroatoms. The number of amides is 1. The maximum atomic E-state index is 13.1. The molecule has 0 saturated heterocycles. The molecule has 0 aromatic heterocycles. The Morgan fingerprint density at radius 3 is 2.68 bits per heavy atom. The maximum absolute atomic E-state index is 13.1. The fourth-order valence-corrected chi connectivity index (χ4v) is 2.19. The lowest BCUT2D eigenvalue weighted by molar-refractivity contribution is -0.119. The van der Waals surface area contributed by atoms with Gasteiger partial charge in [-0.05, 0) is 36.8 Å². The van der Waals surface area contributed by atoms with Gasteiger partial charge in [0.1, 0.15) is 5.82 Å². The zero-order chi connectivity index (χ0) is 18.1. The summed E-state index contributed by atoms with van der Waals surface area (Å²) >= 11 is 0. The summed E-state index contributed by atoms with van der Waals surface area (Å²) in [6.45, 7) is 2.39. The van der Waals surface area contributed by atoms with E-state index in [4.69, 9.17) is 4.74 Å². The second kappa shape index (κ2) is 9.42. The van der Waals surface area contributed by atoms with Gasteiger partial charge in [-0.3, -0.25) is 4.79 Å². The van der Waals surface area contributed by atoms with E-state index in [9.17, 15) is 14.0 Å². The third-order valence-corrected chi connectivity index (χ3v) is 3.44. The molecule has 0 aliphatic carbocycles. The predicted octanol–water partition coefficient (Wildman–Crippen LogP) is 3.83. The van der Waals surface area contributed by atoms with E-state index in [1.54, 1.807) is 24.3 Å². The van der Waals surface area contributed by atoms with Crippen molar-refractivity contribution >= 4 is 23.3 Å². The molecule has 0 unspecified atom stereocenters. The molecular weight excluding hydrogens is 323 g/mol. The third-order valence-electron chi connectivity index (χ3n) is 3.44. The highest BCUT2D eigenvalue weighted by Gasteiger charge is 2.14. The van der Waals surface area contributed by atoms with Crippen LogP contribution in [0.2, 0.25) is 0 Å². The molecule has 25 heavy (non-hydrogen) atoms. The first-order valence-electron chi connectivity index (χ1n) is 8.15. The number of esters is 1. The fraction of sp³-hybridized carbons (Fsp3) is 0.263. The van der Waals surface area contributed by atoms with Crippen molar-refractivity contribution in [2.24, 2.45) is 0 Å². The van der Waals surface area contributed by atoms with Gasteiger partial charge in [-0.2, -0.15) is 0 Å². The van der Waals surface area contributed by atoms with Crippen LogP contribution in [-0.4, -0.2) is 25.0 Å². The molecule has 0 saturated carbocycles. The average molecular weight is 344 g/mol. The van der Waals surface area contributed by atoms with Gasteiger partial charge in [0.25, 0.3) is 5.91 Å². The fourth-order valence-electron chi connectivity index (χ4n) is 2.19. The maximum Gasteiger partial charge on any atom is 0.340 e. The summed E-state index contributed by atoms with van der Waals surface area (Å²) in [7, 11) is 0. The van der Waals surface area contributed by atoms with Crippen LogP contribution in [0.15, 0.2) is 48.5 Å². The Morgan fingerprint density at radius 1 is 1.12 bits per heavy atom. The Balaban J connectivity index is 1.90. The van der Waals surface area contributed by atoms with Gasteiger partial charge >= 0.3 is 5.97 Å². The van der Waals surface area contributed by atoms with Gasteiger partial charge in [0.15, 0.2) is 6.61 Å². The number of hydrogen-bond donors (Lipinski definition) is 2. The van der Waals surface area contributed by atoms with Gasteiger partial charge in [-0.25, -0.2) is 9.18 Å². The summed E-state index contributed by atoms with van der Waals surface area (Å²) in [5.74, 6) is -1.58. The topological polar surface area (TPSA) is 67.4 Å². The number of hydrogen-bond acceptors (Lipinski definition) is 4. The molecule has 0 fully saturated rings. The minimum Gasteiger partial charge on any atom is -0.452 e. The normalized spacial score (nSPS) is 10.2. The van der Waals surface area contributed by atoms with Crippen molar-refractivity contribution < 1.29 is 18.7 Å². The highest BCUT2D eigenvalue weighted by atomic mass is 19.1. The Morgan fingerprint density at radius 2 is 1.92 bits per heavy atom. The number of para-hydroxylation sites is 1. The second-order valence-electron chi connectivity index (χ2n) is 5.46. The summed E-state index contributed by atoms with van der Waals surface area (Å²) in [4.78, 5) is 24.0. The van der Waals surface area contributed by atoms with Gasteiger partial charge in [0, 0.05) is 17.9 Å². The molecule has 132 valence electrons.